The average molecular weight is 340 g/mol. The summed E-state index contributed by atoms with van der Waals surface area (Å²) in [5, 5.41) is 5.05. The van der Waals surface area contributed by atoms with E-state index in [0.717, 1.165) is 10.6 Å². The highest BCUT2D eigenvalue weighted by atomic mass is 35.5. The summed E-state index contributed by atoms with van der Waals surface area (Å²) >= 11 is 7.81. The first-order valence-electron chi connectivity index (χ1n) is 7.29. The molecule has 0 amide bonds. The fraction of sp³-hybridized carbons (Fsp3) is 0.500. The van der Waals surface area contributed by atoms with Gasteiger partial charge in [0.05, 0.1) is 0 Å². The molecule has 0 bridgehead atoms. The molecule has 1 heterocycles. The first-order valence-corrected chi connectivity index (χ1v) is 8.55. The molecule has 0 spiro atoms. The molecule has 2 rings (SSSR count). The van der Waals surface area contributed by atoms with Crippen molar-refractivity contribution in [3.8, 4) is 0 Å². The number of hydrogen-bond donors (Lipinski definition) is 0. The number of aromatic nitrogens is 3. The van der Waals surface area contributed by atoms with Crippen LogP contribution in [0.4, 0.5) is 0 Å². The zero-order valence-corrected chi connectivity index (χ0v) is 14.9. The predicted molar refractivity (Wildman–Crippen MR) is 92.2 cm³/mol. The molecule has 4 nitrogen and oxygen atoms in total. The van der Waals surface area contributed by atoms with E-state index >= 15 is 0 Å². The average Bonchev–Trinajstić information content (AvgIpc) is 2.97. The molecule has 2 aromatic rings. The van der Waals surface area contributed by atoms with Crippen LogP contribution in [0, 0.1) is 0 Å². The van der Waals surface area contributed by atoms with E-state index in [1.54, 1.807) is 12.7 Å². The Morgan fingerprint density at radius 1 is 1.27 bits per heavy atom. The number of thioether (sulfide) groups is 1. The molecule has 120 valence electrons. The maximum Gasteiger partial charge on any atom is 0.137 e. The fourth-order valence-corrected chi connectivity index (χ4v) is 3.57. The van der Waals surface area contributed by atoms with E-state index in [9.17, 15) is 0 Å². The second-order valence-corrected chi connectivity index (χ2v) is 8.30. The van der Waals surface area contributed by atoms with Crippen molar-refractivity contribution in [3.63, 3.8) is 0 Å². The summed E-state index contributed by atoms with van der Waals surface area (Å²) < 4.78 is 7.98. The van der Waals surface area contributed by atoms with Crippen LogP contribution in [0.3, 0.4) is 0 Å². The van der Waals surface area contributed by atoms with Crippen molar-refractivity contribution in [3.05, 3.63) is 47.5 Å². The molecule has 0 saturated carbocycles. The van der Waals surface area contributed by atoms with Gasteiger partial charge < -0.3 is 4.74 Å². The van der Waals surface area contributed by atoms with Crippen LogP contribution in [0.15, 0.2) is 36.9 Å². The van der Waals surface area contributed by atoms with Crippen molar-refractivity contribution < 1.29 is 4.74 Å². The number of benzene rings is 1. The molecular formula is C16H22ClN3OS. The molecule has 2 atom stereocenters. The van der Waals surface area contributed by atoms with Gasteiger partial charge in [0, 0.05) is 16.4 Å². The van der Waals surface area contributed by atoms with Crippen molar-refractivity contribution in [2.24, 2.45) is 0 Å². The molecule has 0 radical (unpaired) electrons. The third-order valence-electron chi connectivity index (χ3n) is 2.98. The molecule has 0 N–H and O–H groups in total. The summed E-state index contributed by atoms with van der Waals surface area (Å²) in [6, 6.07) is 7.80. The van der Waals surface area contributed by atoms with Crippen LogP contribution in [-0.4, -0.2) is 26.1 Å². The Hall–Kier alpha value is -1.04. The molecule has 0 saturated heterocycles. The van der Waals surface area contributed by atoms with Gasteiger partial charge in [0.15, 0.2) is 0 Å². The van der Waals surface area contributed by atoms with Gasteiger partial charge in [-0.1, -0.05) is 44.5 Å². The summed E-state index contributed by atoms with van der Waals surface area (Å²) in [6.07, 6.45) is 3.18. The Labute approximate surface area is 141 Å². The van der Waals surface area contributed by atoms with E-state index in [-0.39, 0.29) is 16.2 Å². The lowest BCUT2D eigenvalue weighted by Gasteiger charge is -2.32. The number of hydrogen-bond acceptors (Lipinski definition) is 4. The van der Waals surface area contributed by atoms with E-state index in [1.807, 2.05) is 47.6 Å². The lowest BCUT2D eigenvalue weighted by Crippen LogP contribution is -2.23. The van der Waals surface area contributed by atoms with Crippen LogP contribution in [0.1, 0.15) is 44.7 Å². The molecule has 0 aliphatic rings. The van der Waals surface area contributed by atoms with Gasteiger partial charge in [0.1, 0.15) is 24.1 Å². The van der Waals surface area contributed by atoms with Crippen molar-refractivity contribution in [1.82, 2.24) is 14.8 Å². The fourth-order valence-electron chi connectivity index (χ4n) is 2.14. The van der Waals surface area contributed by atoms with Crippen molar-refractivity contribution >= 4 is 23.4 Å². The Morgan fingerprint density at radius 3 is 2.45 bits per heavy atom. The van der Waals surface area contributed by atoms with Gasteiger partial charge >= 0.3 is 0 Å². The SMILES string of the molecule is CCOC(c1ccc(Cl)cc1)C(SC(C)(C)C)n1cncn1. The zero-order valence-electron chi connectivity index (χ0n) is 13.4. The Morgan fingerprint density at radius 2 is 1.95 bits per heavy atom. The Balaban J connectivity index is 2.37. The van der Waals surface area contributed by atoms with Crippen LogP contribution in [0.5, 0.6) is 0 Å². The lowest BCUT2D eigenvalue weighted by atomic mass is 10.1. The highest BCUT2D eigenvalue weighted by Gasteiger charge is 2.31. The maximum atomic E-state index is 6.05. The van der Waals surface area contributed by atoms with Crippen LogP contribution in [0.25, 0.3) is 0 Å². The number of rotatable bonds is 6. The van der Waals surface area contributed by atoms with Crippen molar-refractivity contribution in [1.29, 1.82) is 0 Å². The maximum absolute atomic E-state index is 6.05. The second-order valence-electron chi connectivity index (χ2n) is 5.92. The number of nitrogens with zero attached hydrogens (tertiary/aromatic N) is 3. The molecule has 0 aliphatic heterocycles. The van der Waals surface area contributed by atoms with Gasteiger partial charge in [-0.3, -0.25) is 0 Å². The Kier molecular flexibility index (Phi) is 5.89. The minimum Gasteiger partial charge on any atom is -0.371 e. The lowest BCUT2D eigenvalue weighted by molar-refractivity contribution is 0.0438. The molecule has 0 aliphatic carbocycles. The number of halogens is 1. The van der Waals surface area contributed by atoms with Gasteiger partial charge in [-0.25, -0.2) is 9.67 Å². The normalized spacial score (nSPS) is 14.8. The van der Waals surface area contributed by atoms with E-state index in [2.05, 4.69) is 30.9 Å². The molecule has 1 aromatic carbocycles. The predicted octanol–water partition coefficient (Wildman–Crippen LogP) is 4.74. The van der Waals surface area contributed by atoms with E-state index in [4.69, 9.17) is 16.3 Å². The molecule has 22 heavy (non-hydrogen) atoms. The highest BCUT2D eigenvalue weighted by Crippen LogP contribution is 2.44. The summed E-state index contributed by atoms with van der Waals surface area (Å²) in [5.41, 5.74) is 1.09. The molecule has 6 heteroatoms. The minimum absolute atomic E-state index is 0.00336. The quantitative estimate of drug-likeness (QED) is 0.762. The minimum atomic E-state index is -0.117. The van der Waals surface area contributed by atoms with E-state index in [0.29, 0.717) is 6.61 Å². The van der Waals surface area contributed by atoms with Gasteiger partial charge in [-0.05, 0) is 24.6 Å². The van der Waals surface area contributed by atoms with Crippen molar-refractivity contribution in [2.75, 3.05) is 6.61 Å². The van der Waals surface area contributed by atoms with Crippen molar-refractivity contribution in [2.45, 2.75) is 43.9 Å². The first-order chi connectivity index (χ1) is 10.4. The summed E-state index contributed by atoms with van der Waals surface area (Å²) in [6.45, 7) is 9.19. The smallest absolute Gasteiger partial charge is 0.137 e. The monoisotopic (exact) mass is 339 g/mol. The molecule has 0 fully saturated rings. The van der Waals surface area contributed by atoms with E-state index in [1.165, 1.54) is 0 Å². The van der Waals surface area contributed by atoms with Gasteiger partial charge in [-0.15, -0.1) is 11.8 Å². The van der Waals surface area contributed by atoms with Gasteiger partial charge in [0.25, 0.3) is 0 Å². The third-order valence-corrected chi connectivity index (χ3v) is 4.64. The van der Waals surface area contributed by atoms with Crippen LogP contribution < -0.4 is 0 Å². The van der Waals surface area contributed by atoms with E-state index < -0.39 is 0 Å². The standard InChI is InChI=1S/C16H22ClN3OS/c1-5-21-14(12-6-8-13(17)9-7-12)15(22-16(2,3)4)20-11-18-10-19-20/h6-11,14-15H,5H2,1-4H3. The second kappa shape index (κ2) is 7.49. The van der Waals surface area contributed by atoms with Gasteiger partial charge in [-0.2, -0.15) is 5.10 Å². The summed E-state index contributed by atoms with van der Waals surface area (Å²) in [4.78, 5) is 4.09. The largest absolute Gasteiger partial charge is 0.371 e. The van der Waals surface area contributed by atoms with Crippen LogP contribution in [0.2, 0.25) is 5.02 Å². The Bertz CT molecular complexity index is 566. The topological polar surface area (TPSA) is 39.9 Å². The van der Waals surface area contributed by atoms with Gasteiger partial charge in [0.2, 0.25) is 0 Å². The molecular weight excluding hydrogens is 318 g/mol. The van der Waals surface area contributed by atoms with Crippen LogP contribution in [-0.2, 0) is 4.74 Å². The van der Waals surface area contributed by atoms with Crippen LogP contribution >= 0.6 is 23.4 Å². The number of ether oxygens (including phenoxy) is 1. The molecule has 2 unspecified atom stereocenters. The third kappa shape index (κ3) is 4.73. The first kappa shape index (κ1) is 17.3. The summed E-state index contributed by atoms with van der Waals surface area (Å²) in [7, 11) is 0. The zero-order chi connectivity index (χ0) is 16.2. The summed E-state index contributed by atoms with van der Waals surface area (Å²) in [5.74, 6) is 0. The highest BCUT2D eigenvalue weighted by molar-refractivity contribution is 8.00. The molecule has 1 aromatic heterocycles.